The van der Waals surface area contributed by atoms with Gasteiger partial charge in [0, 0.05) is 54.3 Å². The van der Waals surface area contributed by atoms with Gasteiger partial charge in [0.2, 0.25) is 5.91 Å². The second kappa shape index (κ2) is 12.8. The lowest BCUT2D eigenvalue weighted by molar-refractivity contribution is -0.128. The van der Waals surface area contributed by atoms with E-state index in [1.54, 1.807) is 12.0 Å². The van der Waals surface area contributed by atoms with Crippen molar-refractivity contribution < 1.29 is 23.0 Å². The van der Waals surface area contributed by atoms with Gasteiger partial charge in [-0.2, -0.15) is 5.10 Å². The summed E-state index contributed by atoms with van der Waals surface area (Å²) in [5.41, 5.74) is 3.92. The van der Waals surface area contributed by atoms with Gasteiger partial charge >= 0.3 is 0 Å². The van der Waals surface area contributed by atoms with Crippen LogP contribution in [0.1, 0.15) is 47.2 Å². The summed E-state index contributed by atoms with van der Waals surface area (Å²) in [6.45, 7) is 9.67. The summed E-state index contributed by atoms with van der Waals surface area (Å²) >= 11 is 1.47. The topological polar surface area (TPSA) is 67.3 Å². The number of nitrogens with zero attached hydrogens (tertiary/aromatic N) is 4. The number of fused-ring (bicyclic) bond motifs is 2. The van der Waals surface area contributed by atoms with Crippen molar-refractivity contribution in [1.82, 2.24) is 14.9 Å². The van der Waals surface area contributed by atoms with Crippen molar-refractivity contribution in [2.24, 2.45) is 5.10 Å². The molecule has 1 amide bonds. The fourth-order valence-electron chi connectivity index (χ4n) is 6.23. The molecule has 2 fully saturated rings. The molecule has 7 nitrogen and oxygen atoms in total. The Hall–Kier alpha value is -4.15. The summed E-state index contributed by atoms with van der Waals surface area (Å²) in [5.74, 6) is -0.371. The van der Waals surface area contributed by atoms with E-state index in [1.165, 1.54) is 23.0 Å². The van der Waals surface area contributed by atoms with Gasteiger partial charge in [-0.1, -0.05) is 43.5 Å². The van der Waals surface area contributed by atoms with Gasteiger partial charge in [-0.25, -0.2) is 13.8 Å². The number of pyridine rings is 1. The number of piperazine rings is 1. The molecule has 1 aromatic carbocycles. The van der Waals surface area contributed by atoms with Crippen LogP contribution in [-0.4, -0.2) is 72.5 Å². The number of thiophene rings is 1. The zero-order valence-electron chi connectivity index (χ0n) is 24.5. The Labute approximate surface area is 259 Å². The maximum atomic E-state index is 15.9. The van der Waals surface area contributed by atoms with Crippen molar-refractivity contribution in [2.75, 3.05) is 40.0 Å². The molecule has 6 rings (SSSR count). The quantitative estimate of drug-likeness (QED) is 0.104. The highest BCUT2D eigenvalue weighted by atomic mass is 32.1. The van der Waals surface area contributed by atoms with Crippen LogP contribution in [0.15, 0.2) is 90.1 Å². The van der Waals surface area contributed by atoms with Crippen molar-refractivity contribution in [2.45, 2.75) is 30.7 Å². The summed E-state index contributed by atoms with van der Waals surface area (Å²) in [7, 11) is 1.54. The number of benzene rings is 1. The Balaban J connectivity index is 1.49. The minimum atomic E-state index is -0.826. The van der Waals surface area contributed by atoms with Gasteiger partial charge in [-0.3, -0.25) is 9.80 Å². The molecule has 4 heterocycles. The standard InChI is InChI=1S/C34H34F2N4O3S/c1-4-29(41)39-13-14-40-23(20-39)18-28(38-40)33-31(30(27(36)10-12-35)21(2)43-16-15-42-3)34-24(11-17-44-34)32(37-33)26-19-25(26)22-8-6-5-7-9-22/h4-12,17,23,25-26H,1-2,13-16,18-20H2,3H3/b12-10+,30-27?. The Morgan fingerprint density at radius 2 is 2.00 bits per heavy atom. The molecule has 0 N–H and O–H groups in total. The summed E-state index contributed by atoms with van der Waals surface area (Å²) in [5, 5.41) is 9.86. The van der Waals surface area contributed by atoms with Crippen LogP contribution in [0.5, 0.6) is 0 Å². The third-order valence-electron chi connectivity index (χ3n) is 8.44. The molecule has 3 unspecified atom stereocenters. The molecule has 1 aliphatic carbocycles. The highest BCUT2D eigenvalue weighted by Crippen LogP contribution is 2.56. The Morgan fingerprint density at radius 3 is 2.75 bits per heavy atom. The molecule has 1 saturated carbocycles. The SMILES string of the molecule is C=CC(=O)N1CCN2N=C(c3nc(C4CC4c4ccccc4)c4ccsc4c3C(C(=C)OCCOC)=C(F)/C=C/F)CC2C1. The van der Waals surface area contributed by atoms with Crippen LogP contribution >= 0.6 is 11.3 Å². The number of aromatic nitrogens is 1. The summed E-state index contributed by atoms with van der Waals surface area (Å²) in [6.07, 6.45) is 3.72. The van der Waals surface area contributed by atoms with Crippen molar-refractivity contribution in [3.05, 3.63) is 108 Å². The number of carbonyl (C=O) groups excluding carboxylic acids is 1. The predicted molar refractivity (Wildman–Crippen MR) is 170 cm³/mol. The van der Waals surface area contributed by atoms with Crippen molar-refractivity contribution in [3.63, 3.8) is 0 Å². The first-order valence-corrected chi connectivity index (χ1v) is 15.5. The number of carbonyl (C=O) groups is 1. The molecule has 3 aliphatic rings. The molecule has 3 aromatic rings. The average molecular weight is 617 g/mol. The number of halogens is 2. The largest absolute Gasteiger partial charge is 0.491 e. The van der Waals surface area contributed by atoms with E-state index in [-0.39, 0.29) is 48.7 Å². The third kappa shape index (κ3) is 5.71. The first-order valence-electron chi connectivity index (χ1n) is 14.6. The molecule has 2 aliphatic heterocycles. The number of hydrazone groups is 1. The van der Waals surface area contributed by atoms with E-state index in [0.29, 0.717) is 48.9 Å². The average Bonchev–Trinajstić information content (AvgIpc) is 3.46. The number of hydrogen-bond acceptors (Lipinski definition) is 7. The zero-order chi connectivity index (χ0) is 30.8. The summed E-state index contributed by atoms with van der Waals surface area (Å²) < 4.78 is 41.1. The van der Waals surface area contributed by atoms with E-state index in [2.05, 4.69) is 25.3 Å². The molecule has 2 aromatic heterocycles. The molecule has 0 bridgehead atoms. The Morgan fingerprint density at radius 1 is 1.18 bits per heavy atom. The lowest BCUT2D eigenvalue weighted by Crippen LogP contribution is -2.50. The maximum Gasteiger partial charge on any atom is 0.246 e. The highest BCUT2D eigenvalue weighted by molar-refractivity contribution is 7.17. The lowest BCUT2D eigenvalue weighted by atomic mass is 9.93. The molecule has 228 valence electrons. The Kier molecular flexibility index (Phi) is 8.72. The first-order chi connectivity index (χ1) is 21.4. The van der Waals surface area contributed by atoms with Gasteiger partial charge in [0.1, 0.15) is 18.2 Å². The van der Waals surface area contributed by atoms with Crippen LogP contribution in [-0.2, 0) is 14.3 Å². The smallest absolute Gasteiger partial charge is 0.246 e. The van der Waals surface area contributed by atoms with Crippen molar-refractivity contribution in [3.8, 4) is 0 Å². The zero-order valence-corrected chi connectivity index (χ0v) is 25.4. The highest BCUT2D eigenvalue weighted by Gasteiger charge is 2.43. The molecular formula is C34H34F2N4O3S. The van der Waals surface area contributed by atoms with Gasteiger partial charge in [0.15, 0.2) is 0 Å². The van der Waals surface area contributed by atoms with Crippen LogP contribution in [0, 0.1) is 0 Å². The monoisotopic (exact) mass is 616 g/mol. The van der Waals surface area contributed by atoms with Gasteiger partial charge in [-0.15, -0.1) is 11.3 Å². The number of ether oxygens (including phenoxy) is 2. The Bertz CT molecular complexity index is 1680. The molecular weight excluding hydrogens is 582 g/mol. The van der Waals surface area contributed by atoms with E-state index in [1.807, 2.05) is 34.7 Å². The number of methoxy groups -OCH3 is 1. The molecule has 1 saturated heterocycles. The normalized spacial score (nSPS) is 21.7. The fraction of sp³-hybridized carbons (Fsp3) is 0.324. The number of allylic oxidation sites excluding steroid dienone is 3. The molecule has 0 spiro atoms. The van der Waals surface area contributed by atoms with Crippen LogP contribution in [0.2, 0.25) is 0 Å². The molecule has 10 heteroatoms. The maximum absolute atomic E-state index is 15.9. The summed E-state index contributed by atoms with van der Waals surface area (Å²) in [4.78, 5) is 19.4. The second-order valence-corrected chi connectivity index (χ2v) is 12.0. The minimum absolute atomic E-state index is 0.0305. The molecule has 0 radical (unpaired) electrons. The number of hydrogen-bond donors (Lipinski definition) is 0. The van der Waals surface area contributed by atoms with Gasteiger partial charge in [0.05, 0.1) is 48.2 Å². The van der Waals surface area contributed by atoms with Crippen LogP contribution in [0.4, 0.5) is 8.78 Å². The second-order valence-electron chi connectivity index (χ2n) is 11.1. The van der Waals surface area contributed by atoms with Crippen LogP contribution in [0.25, 0.3) is 15.7 Å². The number of rotatable bonds is 11. The third-order valence-corrected chi connectivity index (χ3v) is 9.37. The van der Waals surface area contributed by atoms with E-state index in [9.17, 15) is 9.18 Å². The van der Waals surface area contributed by atoms with Crippen molar-refractivity contribution in [1.29, 1.82) is 0 Å². The summed E-state index contributed by atoms with van der Waals surface area (Å²) in [6, 6.07) is 12.3. The van der Waals surface area contributed by atoms with Crippen molar-refractivity contribution >= 4 is 38.6 Å². The van der Waals surface area contributed by atoms with E-state index in [4.69, 9.17) is 19.6 Å². The first kappa shape index (κ1) is 29.9. The number of amides is 1. The van der Waals surface area contributed by atoms with Crippen LogP contribution in [0.3, 0.4) is 0 Å². The van der Waals surface area contributed by atoms with E-state index >= 15 is 4.39 Å². The fourth-order valence-corrected chi connectivity index (χ4v) is 7.18. The van der Waals surface area contributed by atoms with Gasteiger partial charge in [0.25, 0.3) is 0 Å². The van der Waals surface area contributed by atoms with Crippen LogP contribution < -0.4 is 0 Å². The van der Waals surface area contributed by atoms with Gasteiger partial charge < -0.3 is 14.4 Å². The lowest BCUT2D eigenvalue weighted by Gasteiger charge is -2.36. The molecule has 44 heavy (non-hydrogen) atoms. The van der Waals surface area contributed by atoms with Gasteiger partial charge in [-0.05, 0) is 35.4 Å². The minimum Gasteiger partial charge on any atom is -0.491 e. The molecule has 3 atom stereocenters. The van der Waals surface area contributed by atoms with E-state index < -0.39 is 5.83 Å². The predicted octanol–water partition coefficient (Wildman–Crippen LogP) is 6.71. The van der Waals surface area contributed by atoms with E-state index in [0.717, 1.165) is 28.3 Å².